The first-order chi connectivity index (χ1) is 18.4. The van der Waals surface area contributed by atoms with E-state index in [1.54, 1.807) is 19.2 Å². The van der Waals surface area contributed by atoms with Crippen LogP contribution in [-0.2, 0) is 14.3 Å². The van der Waals surface area contributed by atoms with Crippen LogP contribution in [0.25, 0.3) is 0 Å². The molecule has 0 amide bonds. The molecule has 0 aromatic carbocycles. The van der Waals surface area contributed by atoms with Crippen molar-refractivity contribution in [3.05, 3.63) is 47.7 Å². The maximum atomic E-state index is 13.3. The van der Waals surface area contributed by atoms with Crippen molar-refractivity contribution < 1.29 is 23.8 Å². The fraction of sp³-hybridized carbons (Fsp3) is 0.600. The summed E-state index contributed by atoms with van der Waals surface area (Å²) in [5.74, 6) is -1.02. The lowest BCUT2D eigenvalue weighted by Crippen LogP contribution is -2.63. The molecule has 210 valence electrons. The van der Waals surface area contributed by atoms with Gasteiger partial charge in [-0.1, -0.05) is 33.3 Å². The molecular formula is C30H38FN3O4S. The summed E-state index contributed by atoms with van der Waals surface area (Å²) < 4.78 is 19.3. The molecule has 0 saturated heterocycles. The van der Waals surface area contributed by atoms with Crippen LogP contribution in [0.2, 0.25) is 0 Å². The van der Waals surface area contributed by atoms with Gasteiger partial charge < -0.3 is 15.6 Å². The summed E-state index contributed by atoms with van der Waals surface area (Å²) >= 11 is 4.28. The highest BCUT2D eigenvalue weighted by Crippen LogP contribution is 2.70. The van der Waals surface area contributed by atoms with Gasteiger partial charge in [-0.05, 0) is 85.3 Å². The number of aliphatic imine (C=N–C) groups is 1. The maximum Gasteiger partial charge on any atom is 0.306 e. The highest BCUT2D eigenvalue weighted by atomic mass is 32.1. The summed E-state index contributed by atoms with van der Waals surface area (Å²) in [7, 11) is 0. The van der Waals surface area contributed by atoms with Crippen molar-refractivity contribution in [2.75, 3.05) is 0 Å². The number of pyridine rings is 1. The van der Waals surface area contributed by atoms with E-state index < -0.39 is 34.2 Å². The fourth-order valence-corrected chi connectivity index (χ4v) is 9.32. The molecule has 7 nitrogen and oxygen atoms in total. The van der Waals surface area contributed by atoms with Crippen molar-refractivity contribution in [3.8, 4) is 0 Å². The predicted octanol–water partition coefficient (Wildman–Crippen LogP) is 5.07. The topological polar surface area (TPSA) is 115 Å². The van der Waals surface area contributed by atoms with E-state index in [1.807, 2.05) is 13.8 Å². The number of carbonyl (C=O) groups is 2. The number of aliphatic hydroxyl groups excluding tert-OH is 1. The van der Waals surface area contributed by atoms with E-state index >= 15 is 0 Å². The Morgan fingerprint density at radius 1 is 1.36 bits per heavy atom. The van der Waals surface area contributed by atoms with Gasteiger partial charge in [0.05, 0.1) is 23.7 Å². The van der Waals surface area contributed by atoms with E-state index in [0.717, 1.165) is 30.5 Å². The summed E-state index contributed by atoms with van der Waals surface area (Å²) in [6.07, 6.45) is 7.86. The number of halogens is 1. The maximum absolute atomic E-state index is 13.3. The average Bonchev–Trinajstić information content (AvgIpc) is 3.11. The second-order valence-electron chi connectivity index (χ2n) is 12.3. The van der Waals surface area contributed by atoms with Gasteiger partial charge in [-0.3, -0.25) is 9.59 Å². The van der Waals surface area contributed by atoms with Crippen LogP contribution in [0.4, 0.5) is 10.1 Å². The number of carbonyl (C=O) groups excluding carboxylic acids is 2. The molecule has 3 N–H and O–H groups in total. The number of fused-ring (bicyclic) bond motifs is 5. The third-order valence-electron chi connectivity index (χ3n) is 10.5. The second kappa shape index (κ2) is 9.84. The smallest absolute Gasteiger partial charge is 0.306 e. The van der Waals surface area contributed by atoms with Crippen LogP contribution in [-0.4, -0.2) is 38.6 Å². The van der Waals surface area contributed by atoms with Crippen LogP contribution in [0.15, 0.2) is 46.7 Å². The van der Waals surface area contributed by atoms with E-state index in [0.29, 0.717) is 18.5 Å². The minimum Gasteiger partial charge on any atom is -0.449 e. The number of aromatic nitrogens is 1. The number of aliphatic hydroxyl groups is 1. The molecule has 4 aliphatic carbocycles. The molecule has 1 heterocycles. The number of rotatable bonds is 4. The molecule has 3 saturated carbocycles. The zero-order valence-corrected chi connectivity index (χ0v) is 23.9. The number of thiol groups is 1. The molecule has 9 heteroatoms. The largest absolute Gasteiger partial charge is 0.449 e. The molecular weight excluding hydrogens is 517 g/mol. The first kappa shape index (κ1) is 28.0. The molecule has 4 aliphatic rings. The van der Waals surface area contributed by atoms with Crippen molar-refractivity contribution in [2.45, 2.75) is 77.9 Å². The highest BCUT2D eigenvalue weighted by molar-refractivity contribution is 7.96. The van der Waals surface area contributed by atoms with Crippen molar-refractivity contribution in [1.29, 1.82) is 0 Å². The molecule has 8 atom stereocenters. The van der Waals surface area contributed by atoms with Gasteiger partial charge in [-0.15, -0.1) is 12.6 Å². The van der Waals surface area contributed by atoms with Crippen molar-refractivity contribution >= 4 is 35.1 Å². The molecule has 0 bridgehead atoms. The normalized spacial score (nSPS) is 41.4. The average molecular weight is 556 g/mol. The Labute approximate surface area is 234 Å². The van der Waals surface area contributed by atoms with Crippen molar-refractivity contribution in [1.82, 2.24) is 4.98 Å². The number of allylic oxidation sites excluding steroid dienone is 3. The van der Waals surface area contributed by atoms with Crippen LogP contribution >= 0.6 is 12.6 Å². The summed E-state index contributed by atoms with van der Waals surface area (Å²) in [5.41, 5.74) is 7.01. The molecule has 1 aromatic heterocycles. The highest BCUT2D eigenvalue weighted by Gasteiger charge is 2.72. The van der Waals surface area contributed by atoms with Gasteiger partial charge in [0.15, 0.2) is 5.60 Å². The Morgan fingerprint density at radius 2 is 2.10 bits per heavy atom. The van der Waals surface area contributed by atoms with E-state index in [9.17, 15) is 19.1 Å². The third-order valence-corrected chi connectivity index (χ3v) is 10.8. The van der Waals surface area contributed by atoms with Crippen LogP contribution in [0, 0.1) is 40.4 Å². The SMILES string of the molecule is CCC(=O)O[C@]1(C(=O)S)[C@H](C)C[C@H]2[C@@H]3CCC4=CC(=Nc5ccc(F)nc5)C(=CN)C[C@]4(C)C3C(O)C[C@@]21C. The molecule has 2 unspecified atom stereocenters. The number of hydrogen-bond acceptors (Lipinski definition) is 7. The fourth-order valence-electron chi connectivity index (χ4n) is 8.79. The number of esters is 1. The van der Waals surface area contributed by atoms with Crippen molar-refractivity contribution in [3.63, 3.8) is 0 Å². The van der Waals surface area contributed by atoms with E-state index in [2.05, 4.69) is 30.6 Å². The van der Waals surface area contributed by atoms with Crippen molar-refractivity contribution in [2.24, 2.45) is 45.2 Å². The Kier molecular flexibility index (Phi) is 7.07. The lowest BCUT2D eigenvalue weighted by atomic mass is 9.45. The first-order valence-corrected chi connectivity index (χ1v) is 14.3. The Hall–Kier alpha value is -2.52. The van der Waals surface area contributed by atoms with E-state index in [1.165, 1.54) is 17.8 Å². The summed E-state index contributed by atoms with van der Waals surface area (Å²) in [5, 5.41) is 11.4. The van der Waals surface area contributed by atoms with Crippen LogP contribution in [0.5, 0.6) is 0 Å². The van der Waals surface area contributed by atoms with E-state index in [4.69, 9.17) is 15.5 Å². The number of nitrogens with zero attached hydrogens (tertiary/aromatic N) is 2. The molecule has 39 heavy (non-hydrogen) atoms. The molecule has 0 aliphatic heterocycles. The number of hydrogen-bond donors (Lipinski definition) is 3. The summed E-state index contributed by atoms with van der Waals surface area (Å²) in [4.78, 5) is 34.1. The van der Waals surface area contributed by atoms with Gasteiger partial charge in [0.1, 0.15) is 0 Å². The Bertz CT molecular complexity index is 1280. The first-order valence-electron chi connectivity index (χ1n) is 13.9. The van der Waals surface area contributed by atoms with Gasteiger partial charge in [0.2, 0.25) is 11.1 Å². The predicted molar refractivity (Wildman–Crippen MR) is 150 cm³/mol. The van der Waals surface area contributed by atoms with Crippen LogP contribution in [0.1, 0.15) is 66.2 Å². The minimum absolute atomic E-state index is 0.0561. The standard InChI is InChI=1S/C30H38FN3O4S/c1-5-25(36)38-30(27(37)39)16(2)10-21-20-8-6-18-11-22(34-19-7-9-24(31)33-15-19)17(14-32)12-28(18,3)26(20)23(35)13-29(21,30)4/h7,9,11,14-16,20-21,23,26,35H,5-6,8,10,12-13,32H2,1-4H3,(H,37,39)/t16-,20+,21+,23?,26?,28+,29+,30+/m1/s1. The molecule has 1 aromatic rings. The van der Waals surface area contributed by atoms with Crippen LogP contribution in [0.3, 0.4) is 0 Å². The van der Waals surface area contributed by atoms with Crippen LogP contribution < -0.4 is 5.73 Å². The molecule has 0 spiro atoms. The zero-order chi connectivity index (χ0) is 28.3. The van der Waals surface area contributed by atoms with Gasteiger partial charge in [0.25, 0.3) is 0 Å². The van der Waals surface area contributed by atoms with Gasteiger partial charge >= 0.3 is 5.97 Å². The minimum atomic E-state index is -1.37. The molecule has 3 fully saturated rings. The quantitative estimate of drug-likeness (QED) is 0.271. The lowest BCUT2D eigenvalue weighted by Gasteiger charge is -2.61. The molecule has 0 radical (unpaired) electrons. The third kappa shape index (κ3) is 4.10. The summed E-state index contributed by atoms with van der Waals surface area (Å²) in [6.45, 7) is 7.91. The second-order valence-corrected chi connectivity index (χ2v) is 12.7. The Balaban J connectivity index is 1.54. The van der Waals surface area contributed by atoms with E-state index in [-0.39, 0.29) is 35.5 Å². The Morgan fingerprint density at radius 3 is 2.72 bits per heavy atom. The number of nitrogens with two attached hydrogens (primary N) is 1. The lowest BCUT2D eigenvalue weighted by molar-refractivity contribution is -0.201. The molecule has 5 rings (SSSR count). The summed E-state index contributed by atoms with van der Waals surface area (Å²) in [6, 6.07) is 2.86. The number of ether oxygens (including phenoxy) is 1. The van der Waals surface area contributed by atoms with Gasteiger partial charge in [-0.2, -0.15) is 4.39 Å². The van der Waals surface area contributed by atoms with Gasteiger partial charge in [-0.25, -0.2) is 9.98 Å². The zero-order valence-electron chi connectivity index (χ0n) is 23.0. The van der Waals surface area contributed by atoms with Gasteiger partial charge in [0, 0.05) is 17.8 Å². The monoisotopic (exact) mass is 555 g/mol.